The highest BCUT2D eigenvalue weighted by molar-refractivity contribution is 5.42. The summed E-state index contributed by atoms with van der Waals surface area (Å²) in [7, 11) is 0. The van der Waals surface area contributed by atoms with E-state index < -0.39 is 0 Å². The first-order valence-electron chi connectivity index (χ1n) is 3.81. The maximum absolute atomic E-state index is 8.58. The van der Waals surface area contributed by atoms with E-state index >= 15 is 0 Å². The van der Waals surface area contributed by atoms with Crippen LogP contribution in [0.15, 0.2) is 18.2 Å². The Kier molecular flexibility index (Phi) is 4.77. The van der Waals surface area contributed by atoms with Crippen LogP contribution in [0.3, 0.4) is 0 Å². The van der Waals surface area contributed by atoms with Crippen molar-refractivity contribution < 1.29 is 4.79 Å². The van der Waals surface area contributed by atoms with E-state index in [2.05, 4.69) is 44.7 Å². The highest BCUT2D eigenvalue weighted by Gasteiger charge is 1.91. The molecule has 12 heavy (non-hydrogen) atoms. The lowest BCUT2D eigenvalue weighted by Crippen LogP contribution is -1.82. The van der Waals surface area contributed by atoms with Crippen LogP contribution >= 0.6 is 0 Å². The molecule has 0 heterocycles. The molecule has 0 saturated carbocycles. The number of primary amides is 1. The summed E-state index contributed by atoms with van der Waals surface area (Å²) in [6, 6.07) is 6.38. The van der Waals surface area contributed by atoms with Crippen molar-refractivity contribution in [1.82, 2.24) is 0 Å². The fourth-order valence-electron chi connectivity index (χ4n) is 0.898. The van der Waals surface area contributed by atoms with E-state index in [0.29, 0.717) is 0 Å². The van der Waals surface area contributed by atoms with Crippen LogP contribution in [-0.4, -0.2) is 6.41 Å². The molecule has 0 radical (unpaired) electrons. The molecule has 1 aromatic rings. The van der Waals surface area contributed by atoms with Crippen LogP contribution in [0.4, 0.5) is 0 Å². The first kappa shape index (κ1) is 10.7. The lowest BCUT2D eigenvalue weighted by Gasteiger charge is -2.00. The Morgan fingerprint density at radius 1 is 1.17 bits per heavy atom. The first-order valence-corrected chi connectivity index (χ1v) is 3.81. The molecule has 66 valence electrons. The number of rotatable bonds is 0. The maximum Gasteiger partial charge on any atom is 0.204 e. The SMILES string of the molecule is Cc1cccc(C)c1C.NC=O. The summed E-state index contributed by atoms with van der Waals surface area (Å²) >= 11 is 0. The Balaban J connectivity index is 0.000000354. The Morgan fingerprint density at radius 3 is 1.75 bits per heavy atom. The van der Waals surface area contributed by atoms with Gasteiger partial charge in [0.05, 0.1) is 0 Å². The molecular formula is C10H15NO. The number of amides is 1. The summed E-state index contributed by atoms with van der Waals surface area (Å²) < 4.78 is 0. The van der Waals surface area contributed by atoms with Crippen LogP contribution in [-0.2, 0) is 4.79 Å². The summed E-state index contributed by atoms with van der Waals surface area (Å²) in [5.74, 6) is 0. The van der Waals surface area contributed by atoms with Crippen LogP contribution < -0.4 is 5.73 Å². The molecular weight excluding hydrogens is 150 g/mol. The molecule has 1 aromatic carbocycles. The lowest BCUT2D eigenvalue weighted by atomic mass is 10.1. The highest BCUT2D eigenvalue weighted by atomic mass is 16.1. The van der Waals surface area contributed by atoms with Crippen LogP contribution in [0.1, 0.15) is 16.7 Å². The molecule has 0 fully saturated rings. The monoisotopic (exact) mass is 165 g/mol. The molecule has 2 heteroatoms. The molecule has 0 atom stereocenters. The predicted octanol–water partition coefficient (Wildman–Crippen LogP) is 1.71. The van der Waals surface area contributed by atoms with Gasteiger partial charge in [-0.15, -0.1) is 0 Å². The molecule has 0 aliphatic rings. The normalized spacial score (nSPS) is 8.25. The van der Waals surface area contributed by atoms with Crippen molar-refractivity contribution >= 4 is 6.41 Å². The Morgan fingerprint density at radius 2 is 1.50 bits per heavy atom. The van der Waals surface area contributed by atoms with Gasteiger partial charge in [-0.25, -0.2) is 0 Å². The van der Waals surface area contributed by atoms with Gasteiger partial charge in [-0.05, 0) is 37.5 Å². The van der Waals surface area contributed by atoms with Gasteiger partial charge < -0.3 is 5.73 Å². The first-order chi connectivity index (χ1) is 5.63. The van der Waals surface area contributed by atoms with E-state index in [1.165, 1.54) is 16.7 Å². The van der Waals surface area contributed by atoms with Crippen molar-refractivity contribution in [3.8, 4) is 0 Å². The van der Waals surface area contributed by atoms with E-state index in [1.54, 1.807) is 0 Å². The fourth-order valence-corrected chi connectivity index (χ4v) is 0.898. The molecule has 2 nitrogen and oxygen atoms in total. The van der Waals surface area contributed by atoms with Gasteiger partial charge in [-0.1, -0.05) is 18.2 Å². The minimum absolute atomic E-state index is 0.250. The second kappa shape index (κ2) is 5.35. The van der Waals surface area contributed by atoms with Gasteiger partial charge in [0.2, 0.25) is 6.41 Å². The van der Waals surface area contributed by atoms with Crippen LogP contribution in [0.25, 0.3) is 0 Å². The fraction of sp³-hybridized carbons (Fsp3) is 0.300. The molecule has 0 spiro atoms. The number of hydrogen-bond acceptors (Lipinski definition) is 1. The van der Waals surface area contributed by atoms with Gasteiger partial charge in [0.15, 0.2) is 0 Å². The van der Waals surface area contributed by atoms with Crippen LogP contribution in [0.5, 0.6) is 0 Å². The average Bonchev–Trinajstić information content (AvgIpc) is 2.02. The van der Waals surface area contributed by atoms with Gasteiger partial charge >= 0.3 is 0 Å². The molecule has 2 N–H and O–H groups in total. The van der Waals surface area contributed by atoms with Crippen LogP contribution in [0, 0.1) is 20.8 Å². The third kappa shape index (κ3) is 3.19. The van der Waals surface area contributed by atoms with E-state index in [0.717, 1.165) is 0 Å². The molecule has 0 saturated heterocycles. The number of hydrogen-bond donors (Lipinski definition) is 1. The summed E-state index contributed by atoms with van der Waals surface area (Å²) in [4.78, 5) is 8.58. The van der Waals surface area contributed by atoms with Gasteiger partial charge in [0.1, 0.15) is 0 Å². The standard InChI is InChI=1S/C9H12.CH3NO/c1-7-5-4-6-8(2)9(7)3;2-1-3/h4-6H,1-3H3;1H,(H2,2,3). The van der Waals surface area contributed by atoms with Crippen molar-refractivity contribution in [2.24, 2.45) is 5.73 Å². The largest absolute Gasteiger partial charge is 0.372 e. The third-order valence-corrected chi connectivity index (χ3v) is 1.88. The van der Waals surface area contributed by atoms with Gasteiger partial charge in [-0.2, -0.15) is 0 Å². The second-order valence-electron chi connectivity index (χ2n) is 2.65. The van der Waals surface area contributed by atoms with Gasteiger partial charge in [0.25, 0.3) is 0 Å². The van der Waals surface area contributed by atoms with Gasteiger partial charge in [-0.3, -0.25) is 4.79 Å². The molecule has 1 rings (SSSR count). The summed E-state index contributed by atoms with van der Waals surface area (Å²) in [6.07, 6.45) is 0.250. The van der Waals surface area contributed by atoms with Gasteiger partial charge in [0, 0.05) is 0 Å². The summed E-state index contributed by atoms with van der Waals surface area (Å²) in [5.41, 5.74) is 8.35. The zero-order valence-electron chi connectivity index (χ0n) is 7.79. The zero-order valence-corrected chi connectivity index (χ0v) is 7.79. The molecule has 0 unspecified atom stereocenters. The number of carbonyl (C=O) groups excluding carboxylic acids is 1. The van der Waals surface area contributed by atoms with Crippen LogP contribution in [0.2, 0.25) is 0 Å². The lowest BCUT2D eigenvalue weighted by molar-refractivity contribution is -0.106. The Hall–Kier alpha value is -1.31. The quantitative estimate of drug-likeness (QED) is 0.584. The molecule has 0 aliphatic carbocycles. The second-order valence-corrected chi connectivity index (χ2v) is 2.65. The molecule has 0 aromatic heterocycles. The molecule has 0 bridgehead atoms. The zero-order chi connectivity index (χ0) is 9.56. The van der Waals surface area contributed by atoms with E-state index in [4.69, 9.17) is 4.79 Å². The molecule has 0 aliphatic heterocycles. The highest BCUT2D eigenvalue weighted by Crippen LogP contribution is 2.09. The molecule has 1 amide bonds. The average molecular weight is 165 g/mol. The van der Waals surface area contributed by atoms with Crippen molar-refractivity contribution in [3.63, 3.8) is 0 Å². The van der Waals surface area contributed by atoms with E-state index in [1.807, 2.05) is 0 Å². The maximum atomic E-state index is 8.58. The number of carbonyl (C=O) groups is 1. The van der Waals surface area contributed by atoms with Crippen molar-refractivity contribution in [3.05, 3.63) is 34.9 Å². The summed E-state index contributed by atoms with van der Waals surface area (Å²) in [5, 5.41) is 0. The number of aryl methyl sites for hydroxylation is 2. The minimum atomic E-state index is 0.250. The third-order valence-electron chi connectivity index (χ3n) is 1.88. The Bertz CT molecular complexity index is 236. The topological polar surface area (TPSA) is 43.1 Å². The Labute approximate surface area is 73.4 Å². The number of nitrogens with two attached hydrogens (primary N) is 1. The number of benzene rings is 1. The van der Waals surface area contributed by atoms with Crippen molar-refractivity contribution in [1.29, 1.82) is 0 Å². The minimum Gasteiger partial charge on any atom is -0.372 e. The van der Waals surface area contributed by atoms with Crippen molar-refractivity contribution in [2.45, 2.75) is 20.8 Å². The van der Waals surface area contributed by atoms with E-state index in [-0.39, 0.29) is 6.41 Å². The van der Waals surface area contributed by atoms with E-state index in [9.17, 15) is 0 Å². The smallest absolute Gasteiger partial charge is 0.204 e. The predicted molar refractivity (Wildman–Crippen MR) is 50.9 cm³/mol. The van der Waals surface area contributed by atoms with Crippen molar-refractivity contribution in [2.75, 3.05) is 0 Å². The summed E-state index contributed by atoms with van der Waals surface area (Å²) in [6.45, 7) is 6.44.